The zero-order valence-electron chi connectivity index (χ0n) is 13.8. The molecule has 0 bridgehead atoms. The van der Waals surface area contributed by atoms with E-state index in [1.165, 1.54) is 6.08 Å². The molecule has 1 amide bonds. The molecule has 4 aromatic rings. The molecule has 1 N–H and O–H groups in total. The highest BCUT2D eigenvalue weighted by Crippen LogP contribution is 2.18. The zero-order chi connectivity index (χ0) is 17.9. The number of furan rings is 1. The normalized spacial score (nSPS) is 11.4. The van der Waals surface area contributed by atoms with Gasteiger partial charge in [0.25, 0.3) is 5.89 Å². The lowest BCUT2D eigenvalue weighted by Crippen LogP contribution is -2.21. The summed E-state index contributed by atoms with van der Waals surface area (Å²) in [5.41, 5.74) is 1.37. The van der Waals surface area contributed by atoms with E-state index in [1.54, 1.807) is 48.1 Å². The van der Waals surface area contributed by atoms with Gasteiger partial charge in [-0.1, -0.05) is 5.16 Å². The topological polar surface area (TPSA) is 111 Å². The van der Waals surface area contributed by atoms with E-state index in [0.717, 1.165) is 5.56 Å². The number of amides is 1. The van der Waals surface area contributed by atoms with E-state index in [-0.39, 0.29) is 12.5 Å². The van der Waals surface area contributed by atoms with Crippen LogP contribution in [0.3, 0.4) is 0 Å². The first kappa shape index (κ1) is 15.8. The van der Waals surface area contributed by atoms with Crippen molar-refractivity contribution in [2.75, 3.05) is 0 Å². The predicted octanol–water partition coefficient (Wildman–Crippen LogP) is 2.01. The van der Waals surface area contributed by atoms with Crippen molar-refractivity contribution < 1.29 is 13.7 Å². The molecule has 0 radical (unpaired) electrons. The first-order valence-electron chi connectivity index (χ1n) is 7.83. The van der Waals surface area contributed by atoms with Crippen molar-refractivity contribution in [2.45, 2.75) is 13.5 Å². The van der Waals surface area contributed by atoms with Crippen molar-refractivity contribution in [1.82, 2.24) is 30.1 Å². The molecule has 0 aromatic carbocycles. The number of pyridine rings is 1. The van der Waals surface area contributed by atoms with Gasteiger partial charge in [0.05, 0.1) is 12.8 Å². The quantitative estimate of drug-likeness (QED) is 0.548. The van der Waals surface area contributed by atoms with Crippen LogP contribution in [0.5, 0.6) is 0 Å². The van der Waals surface area contributed by atoms with E-state index < -0.39 is 0 Å². The van der Waals surface area contributed by atoms with Crippen LogP contribution in [0.2, 0.25) is 0 Å². The molecule has 0 saturated carbocycles. The zero-order valence-corrected chi connectivity index (χ0v) is 13.8. The smallest absolute Gasteiger partial charge is 0.258 e. The lowest BCUT2D eigenvalue weighted by atomic mass is 10.2. The second kappa shape index (κ2) is 6.63. The molecule has 4 rings (SSSR count). The molecule has 0 aliphatic carbocycles. The number of hydrogen-bond donors (Lipinski definition) is 1. The number of aromatic nitrogens is 5. The molecule has 0 unspecified atom stereocenters. The van der Waals surface area contributed by atoms with E-state index in [1.807, 2.05) is 6.07 Å². The number of nitrogens with zero attached hydrogens (tertiary/aromatic N) is 5. The summed E-state index contributed by atoms with van der Waals surface area (Å²) in [4.78, 5) is 16.1. The standard InChI is InChI=1S/C17H14N6O3/c1-11-19-17(26-22-11)12-6-7-23-14(9-12)20-21-15(23)10-18-16(24)5-4-13-3-2-8-25-13/h2-9H,10H2,1H3,(H,18,24). The highest BCUT2D eigenvalue weighted by Gasteiger charge is 2.11. The minimum atomic E-state index is -0.254. The Balaban J connectivity index is 1.46. The van der Waals surface area contributed by atoms with Crippen LogP contribution in [0.15, 0.2) is 51.7 Å². The van der Waals surface area contributed by atoms with Gasteiger partial charge in [-0.05, 0) is 37.3 Å². The van der Waals surface area contributed by atoms with Gasteiger partial charge in [-0.2, -0.15) is 4.98 Å². The van der Waals surface area contributed by atoms with Gasteiger partial charge in [0.2, 0.25) is 5.91 Å². The minimum absolute atomic E-state index is 0.238. The molecule has 9 nitrogen and oxygen atoms in total. The Labute approximate surface area is 147 Å². The summed E-state index contributed by atoms with van der Waals surface area (Å²) in [6.07, 6.45) is 6.34. The maximum absolute atomic E-state index is 11.9. The fourth-order valence-corrected chi connectivity index (χ4v) is 2.38. The van der Waals surface area contributed by atoms with Crippen LogP contribution in [0, 0.1) is 6.92 Å². The second-order valence-electron chi connectivity index (χ2n) is 5.47. The van der Waals surface area contributed by atoms with Crippen LogP contribution >= 0.6 is 0 Å². The maximum Gasteiger partial charge on any atom is 0.258 e. The molecule has 0 atom stereocenters. The Morgan fingerprint density at radius 1 is 1.35 bits per heavy atom. The number of carbonyl (C=O) groups is 1. The van der Waals surface area contributed by atoms with E-state index >= 15 is 0 Å². The molecule has 4 aromatic heterocycles. The molecule has 9 heteroatoms. The van der Waals surface area contributed by atoms with Crippen LogP contribution in [-0.4, -0.2) is 30.6 Å². The first-order chi connectivity index (χ1) is 12.7. The van der Waals surface area contributed by atoms with Gasteiger partial charge in [0, 0.05) is 17.8 Å². The Hall–Kier alpha value is -3.75. The van der Waals surface area contributed by atoms with E-state index in [4.69, 9.17) is 8.94 Å². The number of carbonyl (C=O) groups excluding carboxylic acids is 1. The van der Waals surface area contributed by atoms with Crippen LogP contribution in [-0.2, 0) is 11.3 Å². The Bertz CT molecular complexity index is 1080. The molecule has 0 fully saturated rings. The van der Waals surface area contributed by atoms with Gasteiger partial charge in [0.1, 0.15) is 5.76 Å². The summed E-state index contributed by atoms with van der Waals surface area (Å²) in [7, 11) is 0. The lowest BCUT2D eigenvalue weighted by molar-refractivity contribution is -0.116. The Morgan fingerprint density at radius 2 is 2.27 bits per heavy atom. The van der Waals surface area contributed by atoms with Crippen molar-refractivity contribution in [2.24, 2.45) is 0 Å². The summed E-state index contributed by atoms with van der Waals surface area (Å²) in [5.74, 6) is 1.94. The largest absolute Gasteiger partial charge is 0.465 e. The fourth-order valence-electron chi connectivity index (χ4n) is 2.38. The van der Waals surface area contributed by atoms with E-state index in [2.05, 4.69) is 25.7 Å². The molecular weight excluding hydrogens is 336 g/mol. The third kappa shape index (κ3) is 3.22. The monoisotopic (exact) mass is 350 g/mol. The van der Waals surface area contributed by atoms with Crippen LogP contribution in [0.1, 0.15) is 17.4 Å². The highest BCUT2D eigenvalue weighted by atomic mass is 16.5. The van der Waals surface area contributed by atoms with Crippen molar-refractivity contribution in [3.05, 3.63) is 60.2 Å². The number of aryl methyl sites for hydroxylation is 1. The van der Waals surface area contributed by atoms with Crippen molar-refractivity contribution in [3.8, 4) is 11.5 Å². The molecule has 4 heterocycles. The summed E-state index contributed by atoms with van der Waals surface area (Å²) in [5, 5.41) is 14.8. The lowest BCUT2D eigenvalue weighted by Gasteiger charge is -2.02. The van der Waals surface area contributed by atoms with E-state index in [9.17, 15) is 4.79 Å². The average molecular weight is 350 g/mol. The Kier molecular flexibility index (Phi) is 4.02. The molecule has 130 valence electrons. The molecule has 26 heavy (non-hydrogen) atoms. The SMILES string of the molecule is Cc1noc(-c2ccn3c(CNC(=O)C=Cc4ccco4)nnc3c2)n1. The number of nitrogens with one attached hydrogen (secondary N) is 1. The first-order valence-corrected chi connectivity index (χ1v) is 7.83. The van der Waals surface area contributed by atoms with Gasteiger partial charge in [0.15, 0.2) is 17.3 Å². The average Bonchev–Trinajstić information content (AvgIpc) is 3.38. The second-order valence-corrected chi connectivity index (χ2v) is 5.47. The number of fused-ring (bicyclic) bond motifs is 1. The molecule has 0 aliphatic heterocycles. The number of rotatable bonds is 5. The summed E-state index contributed by atoms with van der Waals surface area (Å²) >= 11 is 0. The highest BCUT2D eigenvalue weighted by molar-refractivity contribution is 5.91. The summed E-state index contributed by atoms with van der Waals surface area (Å²) in [6.45, 7) is 1.99. The van der Waals surface area contributed by atoms with Crippen LogP contribution < -0.4 is 5.32 Å². The summed E-state index contributed by atoms with van der Waals surface area (Å²) in [6, 6.07) is 7.13. The molecule has 0 aliphatic rings. The minimum Gasteiger partial charge on any atom is -0.465 e. The third-order valence-electron chi connectivity index (χ3n) is 3.62. The van der Waals surface area contributed by atoms with Crippen molar-refractivity contribution >= 4 is 17.6 Å². The van der Waals surface area contributed by atoms with Crippen molar-refractivity contribution in [1.29, 1.82) is 0 Å². The van der Waals surface area contributed by atoms with E-state index in [0.29, 0.717) is 28.9 Å². The van der Waals surface area contributed by atoms with Gasteiger partial charge < -0.3 is 14.3 Å². The van der Waals surface area contributed by atoms with Crippen molar-refractivity contribution in [3.63, 3.8) is 0 Å². The van der Waals surface area contributed by atoms with Gasteiger partial charge in [-0.25, -0.2) is 0 Å². The van der Waals surface area contributed by atoms with Crippen LogP contribution in [0.4, 0.5) is 0 Å². The predicted molar refractivity (Wildman–Crippen MR) is 90.6 cm³/mol. The van der Waals surface area contributed by atoms with Gasteiger partial charge >= 0.3 is 0 Å². The van der Waals surface area contributed by atoms with Gasteiger partial charge in [-0.3, -0.25) is 9.20 Å². The molecule has 0 spiro atoms. The van der Waals surface area contributed by atoms with Gasteiger partial charge in [-0.15, -0.1) is 10.2 Å². The number of hydrogen-bond acceptors (Lipinski definition) is 7. The van der Waals surface area contributed by atoms with Crippen LogP contribution in [0.25, 0.3) is 23.2 Å². The summed E-state index contributed by atoms with van der Waals surface area (Å²) < 4.78 is 12.1. The Morgan fingerprint density at radius 3 is 3.04 bits per heavy atom. The molecule has 0 saturated heterocycles. The third-order valence-corrected chi connectivity index (χ3v) is 3.62. The maximum atomic E-state index is 11.9. The molecular formula is C17H14N6O3. The fraction of sp³-hybridized carbons (Fsp3) is 0.118.